The van der Waals surface area contributed by atoms with Gasteiger partial charge in [0.1, 0.15) is 5.69 Å². The van der Waals surface area contributed by atoms with Gasteiger partial charge in [-0.3, -0.25) is 0 Å². The number of esters is 1. The third kappa shape index (κ3) is 2.63. The Kier molecular flexibility index (Phi) is 3.98. The molecule has 1 aromatic heterocycles. The second-order valence-corrected chi connectivity index (χ2v) is 5.20. The van der Waals surface area contributed by atoms with Gasteiger partial charge in [-0.25, -0.2) is 4.79 Å². The van der Waals surface area contributed by atoms with Gasteiger partial charge in [0.15, 0.2) is 0 Å². The molecule has 0 aliphatic rings. The van der Waals surface area contributed by atoms with Crippen molar-refractivity contribution in [1.82, 2.24) is 4.57 Å². The summed E-state index contributed by atoms with van der Waals surface area (Å²) in [4.78, 5) is 12.1. The van der Waals surface area contributed by atoms with Crippen LogP contribution in [0.4, 0.5) is 0 Å². The first kappa shape index (κ1) is 14.4. The predicted molar refractivity (Wildman–Crippen MR) is 87.6 cm³/mol. The van der Waals surface area contributed by atoms with Crippen LogP contribution in [0.15, 0.2) is 66.9 Å². The number of hydrogen-bond acceptors (Lipinski definition) is 2. The molecule has 0 atom stereocenters. The van der Waals surface area contributed by atoms with E-state index in [0.29, 0.717) is 10.7 Å². The minimum Gasteiger partial charge on any atom is -0.464 e. The second-order valence-electron chi connectivity index (χ2n) is 4.79. The van der Waals surface area contributed by atoms with Crippen LogP contribution in [0.1, 0.15) is 10.5 Å². The fourth-order valence-electron chi connectivity index (χ4n) is 2.37. The highest BCUT2D eigenvalue weighted by Gasteiger charge is 2.17. The van der Waals surface area contributed by atoms with Gasteiger partial charge in [0.25, 0.3) is 0 Å². The van der Waals surface area contributed by atoms with Gasteiger partial charge in [0, 0.05) is 28.0 Å². The van der Waals surface area contributed by atoms with E-state index in [9.17, 15) is 4.79 Å². The zero-order valence-electron chi connectivity index (χ0n) is 12.0. The lowest BCUT2D eigenvalue weighted by Crippen LogP contribution is -2.08. The summed E-state index contributed by atoms with van der Waals surface area (Å²) in [6, 6.07) is 19.0. The van der Waals surface area contributed by atoms with Crippen LogP contribution < -0.4 is 0 Å². The maximum absolute atomic E-state index is 12.1. The van der Waals surface area contributed by atoms with Crippen molar-refractivity contribution in [2.75, 3.05) is 7.11 Å². The highest BCUT2D eigenvalue weighted by Crippen LogP contribution is 2.30. The number of carbonyl (C=O) groups is 1. The van der Waals surface area contributed by atoms with E-state index in [4.69, 9.17) is 16.3 Å². The van der Waals surface area contributed by atoms with Crippen molar-refractivity contribution in [3.05, 3.63) is 77.6 Å². The average Bonchev–Trinajstić information content (AvgIpc) is 3.00. The summed E-state index contributed by atoms with van der Waals surface area (Å²) in [6.45, 7) is 0. The Morgan fingerprint density at radius 3 is 2.41 bits per heavy atom. The molecule has 0 aliphatic heterocycles. The number of rotatable bonds is 3. The molecule has 1 heterocycles. The lowest BCUT2D eigenvalue weighted by molar-refractivity contribution is 0.0591. The summed E-state index contributed by atoms with van der Waals surface area (Å²) in [5.41, 5.74) is 3.10. The SMILES string of the molecule is COC(=O)c1cc(-c2ccccc2Cl)cn1-c1ccccc1. The molecular weight excluding hydrogens is 298 g/mol. The largest absolute Gasteiger partial charge is 0.464 e. The van der Waals surface area contributed by atoms with E-state index in [0.717, 1.165) is 16.8 Å². The molecule has 4 heteroatoms. The van der Waals surface area contributed by atoms with Gasteiger partial charge >= 0.3 is 5.97 Å². The van der Waals surface area contributed by atoms with E-state index in [1.165, 1.54) is 7.11 Å². The van der Waals surface area contributed by atoms with E-state index >= 15 is 0 Å². The molecule has 0 bridgehead atoms. The van der Waals surface area contributed by atoms with Gasteiger partial charge in [0.05, 0.1) is 7.11 Å². The fraction of sp³-hybridized carbons (Fsp3) is 0.0556. The maximum Gasteiger partial charge on any atom is 0.355 e. The third-order valence-corrected chi connectivity index (χ3v) is 3.76. The molecule has 22 heavy (non-hydrogen) atoms. The Morgan fingerprint density at radius 2 is 1.73 bits per heavy atom. The summed E-state index contributed by atoms with van der Waals surface area (Å²) in [5.74, 6) is -0.387. The van der Waals surface area contributed by atoms with Crippen LogP contribution in [0.5, 0.6) is 0 Å². The van der Waals surface area contributed by atoms with Crippen molar-refractivity contribution in [3.63, 3.8) is 0 Å². The van der Waals surface area contributed by atoms with Gasteiger partial charge in [-0.05, 0) is 24.3 Å². The van der Waals surface area contributed by atoms with Crippen LogP contribution in [0, 0.1) is 0 Å². The molecule has 0 saturated heterocycles. The first-order valence-corrected chi connectivity index (χ1v) is 7.19. The summed E-state index contributed by atoms with van der Waals surface area (Å²) >= 11 is 6.25. The lowest BCUT2D eigenvalue weighted by atomic mass is 10.1. The van der Waals surface area contributed by atoms with Crippen LogP contribution in [-0.2, 0) is 4.74 Å². The molecule has 0 amide bonds. The van der Waals surface area contributed by atoms with Crippen LogP contribution in [0.25, 0.3) is 16.8 Å². The Bertz CT molecular complexity index is 809. The summed E-state index contributed by atoms with van der Waals surface area (Å²) in [6.07, 6.45) is 1.89. The lowest BCUT2D eigenvalue weighted by Gasteiger charge is -2.07. The Morgan fingerprint density at radius 1 is 1.05 bits per heavy atom. The molecule has 3 nitrogen and oxygen atoms in total. The molecular formula is C18H14ClNO2. The third-order valence-electron chi connectivity index (χ3n) is 3.43. The van der Waals surface area contributed by atoms with E-state index in [2.05, 4.69) is 0 Å². The zero-order chi connectivity index (χ0) is 15.5. The highest BCUT2D eigenvalue weighted by molar-refractivity contribution is 6.33. The van der Waals surface area contributed by atoms with Gasteiger partial charge in [0.2, 0.25) is 0 Å². The first-order valence-electron chi connectivity index (χ1n) is 6.81. The van der Waals surface area contributed by atoms with Crippen molar-refractivity contribution < 1.29 is 9.53 Å². The van der Waals surface area contributed by atoms with Gasteiger partial charge in [-0.15, -0.1) is 0 Å². The monoisotopic (exact) mass is 311 g/mol. The predicted octanol–water partition coefficient (Wildman–Crippen LogP) is 4.58. The number of para-hydroxylation sites is 1. The van der Waals surface area contributed by atoms with Crippen LogP contribution in [0.3, 0.4) is 0 Å². The maximum atomic E-state index is 12.1. The molecule has 3 aromatic rings. The minimum absolute atomic E-state index is 0.387. The van der Waals surface area contributed by atoms with E-state index in [-0.39, 0.29) is 5.97 Å². The smallest absolute Gasteiger partial charge is 0.355 e. The molecule has 0 unspecified atom stereocenters. The van der Waals surface area contributed by atoms with Gasteiger partial charge in [-0.1, -0.05) is 48.0 Å². The quantitative estimate of drug-likeness (QED) is 0.663. The summed E-state index contributed by atoms with van der Waals surface area (Å²) in [5, 5.41) is 0.643. The molecule has 3 rings (SSSR count). The number of methoxy groups -OCH3 is 1. The topological polar surface area (TPSA) is 31.2 Å². The standard InChI is InChI=1S/C18H14ClNO2/c1-22-18(21)17-11-13(15-9-5-6-10-16(15)19)12-20(17)14-7-3-2-4-8-14/h2-12H,1H3. The molecule has 0 saturated carbocycles. The summed E-state index contributed by atoms with van der Waals surface area (Å²) < 4.78 is 6.70. The van der Waals surface area contributed by atoms with E-state index < -0.39 is 0 Å². The number of nitrogens with zero attached hydrogens (tertiary/aromatic N) is 1. The number of carbonyl (C=O) groups excluding carboxylic acids is 1. The molecule has 110 valence electrons. The Hall–Kier alpha value is -2.52. The number of ether oxygens (including phenoxy) is 1. The fourth-order valence-corrected chi connectivity index (χ4v) is 2.61. The number of halogens is 1. The highest BCUT2D eigenvalue weighted by atomic mass is 35.5. The molecule has 0 spiro atoms. The number of aromatic nitrogens is 1. The molecule has 0 fully saturated rings. The van der Waals surface area contributed by atoms with Gasteiger partial charge < -0.3 is 9.30 Å². The zero-order valence-corrected chi connectivity index (χ0v) is 12.7. The normalized spacial score (nSPS) is 10.5. The number of hydrogen-bond donors (Lipinski definition) is 0. The van der Waals surface area contributed by atoms with Crippen molar-refractivity contribution >= 4 is 17.6 Å². The van der Waals surface area contributed by atoms with E-state index in [1.54, 1.807) is 6.07 Å². The van der Waals surface area contributed by atoms with Crippen molar-refractivity contribution in [3.8, 4) is 16.8 Å². The minimum atomic E-state index is -0.387. The number of benzene rings is 2. The average molecular weight is 312 g/mol. The first-order chi connectivity index (χ1) is 10.7. The van der Waals surface area contributed by atoms with Crippen LogP contribution in [-0.4, -0.2) is 17.6 Å². The van der Waals surface area contributed by atoms with Crippen LogP contribution >= 0.6 is 11.6 Å². The van der Waals surface area contributed by atoms with Gasteiger partial charge in [-0.2, -0.15) is 0 Å². The second kappa shape index (κ2) is 6.08. The molecule has 0 N–H and O–H groups in total. The molecule has 0 radical (unpaired) electrons. The van der Waals surface area contributed by atoms with Crippen LogP contribution in [0.2, 0.25) is 5.02 Å². The van der Waals surface area contributed by atoms with Crippen molar-refractivity contribution in [2.45, 2.75) is 0 Å². The van der Waals surface area contributed by atoms with E-state index in [1.807, 2.05) is 65.4 Å². The molecule has 2 aromatic carbocycles. The molecule has 0 aliphatic carbocycles. The summed E-state index contributed by atoms with van der Waals surface area (Å²) in [7, 11) is 1.37. The van der Waals surface area contributed by atoms with Crippen molar-refractivity contribution in [1.29, 1.82) is 0 Å². The Labute approximate surface area is 133 Å². The van der Waals surface area contributed by atoms with Crippen molar-refractivity contribution in [2.24, 2.45) is 0 Å². The Balaban J connectivity index is 2.18.